The Morgan fingerprint density at radius 2 is 1.88 bits per heavy atom. The zero-order valence-corrected chi connectivity index (χ0v) is 19.6. The molecule has 0 aliphatic heterocycles. The van der Waals surface area contributed by atoms with Gasteiger partial charge in [-0.2, -0.15) is 0 Å². The smallest absolute Gasteiger partial charge is 0.277 e. The predicted octanol–water partition coefficient (Wildman–Crippen LogP) is 6.44. The Balaban J connectivity index is 1.67. The first kappa shape index (κ1) is 24.2. The second-order valence-corrected chi connectivity index (χ2v) is 8.03. The molecule has 3 rings (SSSR count). The van der Waals surface area contributed by atoms with E-state index < -0.39 is 17.5 Å². The van der Waals surface area contributed by atoms with Crippen LogP contribution in [0.3, 0.4) is 0 Å². The van der Waals surface area contributed by atoms with Gasteiger partial charge in [0.25, 0.3) is 5.91 Å². The molecule has 0 aromatic heterocycles. The fourth-order valence-electron chi connectivity index (χ4n) is 2.84. The minimum absolute atomic E-state index is 0.0549. The van der Waals surface area contributed by atoms with E-state index in [0.717, 1.165) is 27.2 Å². The number of benzene rings is 3. The number of halogens is 3. The van der Waals surface area contributed by atoms with Gasteiger partial charge in [-0.1, -0.05) is 46.0 Å². The number of nitrogens with one attached hydrogen (secondary N) is 2. The van der Waals surface area contributed by atoms with Gasteiger partial charge in [0.1, 0.15) is 0 Å². The van der Waals surface area contributed by atoms with Crippen LogP contribution in [0.4, 0.5) is 20.2 Å². The molecule has 168 valence electrons. The van der Waals surface area contributed by atoms with Gasteiger partial charge in [-0.3, -0.25) is 9.63 Å². The monoisotopic (exact) mass is 510 g/mol. The first-order valence-electron chi connectivity index (χ1n) is 10.0. The van der Waals surface area contributed by atoms with Crippen molar-refractivity contribution in [3.05, 3.63) is 105 Å². The second-order valence-electron chi connectivity index (χ2n) is 7.11. The van der Waals surface area contributed by atoms with Crippen LogP contribution in [0, 0.1) is 30.4 Å². The number of carbonyl (C=O) groups is 1. The average Bonchev–Trinajstić information content (AvgIpc) is 2.80. The van der Waals surface area contributed by atoms with Crippen molar-refractivity contribution in [2.24, 2.45) is 0 Å². The largest absolute Gasteiger partial charge is 0.352 e. The van der Waals surface area contributed by atoms with E-state index >= 15 is 0 Å². The van der Waals surface area contributed by atoms with Gasteiger partial charge < -0.3 is 5.32 Å². The van der Waals surface area contributed by atoms with Crippen LogP contribution in [0.25, 0.3) is 0 Å². The lowest BCUT2D eigenvalue weighted by Gasteiger charge is -2.15. The Labute approximate surface area is 199 Å². The van der Waals surface area contributed by atoms with Gasteiger partial charge in [0.15, 0.2) is 11.6 Å². The summed E-state index contributed by atoms with van der Waals surface area (Å²) < 4.78 is 29.3. The molecule has 0 radical (unpaired) electrons. The molecule has 0 aliphatic rings. The minimum Gasteiger partial charge on any atom is -0.352 e. The molecule has 3 aromatic carbocycles. The summed E-state index contributed by atoms with van der Waals surface area (Å²) >= 11 is 3.36. The zero-order chi connectivity index (χ0) is 23.8. The highest BCUT2D eigenvalue weighted by molar-refractivity contribution is 9.10. The second kappa shape index (κ2) is 11.4. The molecule has 0 saturated carbocycles. The molecule has 0 spiro atoms. The van der Waals surface area contributed by atoms with Crippen LogP contribution >= 0.6 is 15.9 Å². The van der Waals surface area contributed by atoms with E-state index in [-0.39, 0.29) is 17.9 Å². The summed E-state index contributed by atoms with van der Waals surface area (Å²) in [6.07, 6.45) is 1.70. The Morgan fingerprint density at radius 3 is 2.61 bits per heavy atom. The van der Waals surface area contributed by atoms with Gasteiger partial charge >= 0.3 is 0 Å². The van der Waals surface area contributed by atoms with Crippen molar-refractivity contribution in [2.75, 3.05) is 11.9 Å². The predicted molar refractivity (Wildman–Crippen MR) is 129 cm³/mol. The molecule has 7 heteroatoms. The van der Waals surface area contributed by atoms with Crippen molar-refractivity contribution < 1.29 is 18.4 Å². The maximum atomic E-state index is 14.5. The van der Waals surface area contributed by atoms with E-state index in [1.807, 2.05) is 50.2 Å². The summed E-state index contributed by atoms with van der Waals surface area (Å²) in [7, 11) is 0. The number of hydrogen-bond donors (Lipinski definition) is 2. The number of anilines is 2. The number of allylic oxidation sites excluding steroid dienone is 1. The van der Waals surface area contributed by atoms with Gasteiger partial charge in [-0.25, -0.2) is 14.3 Å². The standard InChI is InChI=1S/C26H21BrF2N2O2/c1-17(8-9-19-6-4-3-5-7-19)14-15-33-31-26(32)21-11-12-22(28)24(29)25(21)30-23-13-10-20(27)16-18(23)2/h3-7,10-14,16,30H,15H2,1-2H3,(H,31,32). The van der Waals surface area contributed by atoms with E-state index in [1.165, 1.54) is 6.07 Å². The number of amides is 1. The molecule has 0 bridgehead atoms. The third-order valence-electron chi connectivity index (χ3n) is 4.60. The molecule has 0 aliphatic carbocycles. The number of carbonyl (C=O) groups excluding carboxylic acids is 1. The Bertz CT molecular complexity index is 1250. The van der Waals surface area contributed by atoms with E-state index in [1.54, 1.807) is 18.2 Å². The summed E-state index contributed by atoms with van der Waals surface area (Å²) in [5.74, 6) is 3.07. The Hall–Kier alpha value is -3.47. The molecule has 1 amide bonds. The third kappa shape index (κ3) is 6.75. The molecule has 0 saturated heterocycles. The van der Waals surface area contributed by atoms with Crippen molar-refractivity contribution in [3.8, 4) is 11.8 Å². The van der Waals surface area contributed by atoms with Gasteiger partial charge in [0, 0.05) is 15.7 Å². The van der Waals surface area contributed by atoms with Crippen LogP contribution in [-0.2, 0) is 4.84 Å². The van der Waals surface area contributed by atoms with Crippen LogP contribution < -0.4 is 10.8 Å². The van der Waals surface area contributed by atoms with Gasteiger partial charge in [-0.05, 0) is 73.5 Å². The summed E-state index contributed by atoms with van der Waals surface area (Å²) in [6, 6.07) is 16.9. The van der Waals surface area contributed by atoms with E-state index in [4.69, 9.17) is 4.84 Å². The number of hydroxylamine groups is 1. The topological polar surface area (TPSA) is 50.4 Å². The highest BCUT2D eigenvalue weighted by Crippen LogP contribution is 2.29. The van der Waals surface area contributed by atoms with E-state index in [2.05, 4.69) is 38.6 Å². The van der Waals surface area contributed by atoms with E-state index in [0.29, 0.717) is 5.69 Å². The lowest BCUT2D eigenvalue weighted by atomic mass is 10.1. The summed E-state index contributed by atoms with van der Waals surface area (Å²) in [4.78, 5) is 17.8. The SMILES string of the molecule is CC(C#Cc1ccccc1)=CCONC(=O)c1ccc(F)c(F)c1Nc1ccc(Br)cc1C. The number of hydrogen-bond acceptors (Lipinski definition) is 3. The molecule has 4 nitrogen and oxygen atoms in total. The van der Waals surface area contributed by atoms with Crippen molar-refractivity contribution in [2.45, 2.75) is 13.8 Å². The quantitative estimate of drug-likeness (QED) is 0.228. The molecule has 0 heterocycles. The van der Waals surface area contributed by atoms with E-state index in [9.17, 15) is 13.6 Å². The number of aryl methyl sites for hydroxylation is 1. The van der Waals surface area contributed by atoms with Crippen LogP contribution in [0.15, 0.2) is 76.8 Å². The number of rotatable bonds is 6. The molecule has 3 aromatic rings. The van der Waals surface area contributed by atoms with Crippen molar-refractivity contribution in [1.29, 1.82) is 0 Å². The normalized spacial score (nSPS) is 10.9. The summed E-state index contributed by atoms with van der Waals surface area (Å²) in [6.45, 7) is 3.68. The molecule has 0 unspecified atom stereocenters. The lowest BCUT2D eigenvalue weighted by molar-refractivity contribution is 0.0420. The molecule has 0 atom stereocenters. The molecular formula is C26H21BrF2N2O2. The third-order valence-corrected chi connectivity index (χ3v) is 5.10. The van der Waals surface area contributed by atoms with Crippen LogP contribution in [0.1, 0.15) is 28.4 Å². The summed E-state index contributed by atoms with van der Waals surface area (Å²) in [5.41, 5.74) is 4.85. The average molecular weight is 511 g/mol. The van der Waals surface area contributed by atoms with Crippen molar-refractivity contribution in [3.63, 3.8) is 0 Å². The highest BCUT2D eigenvalue weighted by atomic mass is 79.9. The summed E-state index contributed by atoms with van der Waals surface area (Å²) in [5, 5.41) is 2.82. The first-order chi connectivity index (χ1) is 15.8. The van der Waals surface area contributed by atoms with Crippen LogP contribution in [0.5, 0.6) is 0 Å². The fourth-order valence-corrected chi connectivity index (χ4v) is 3.31. The van der Waals surface area contributed by atoms with Crippen molar-refractivity contribution in [1.82, 2.24) is 5.48 Å². The molecular weight excluding hydrogens is 490 g/mol. The molecule has 0 fully saturated rings. The Kier molecular flexibility index (Phi) is 8.36. The maximum Gasteiger partial charge on any atom is 0.277 e. The molecule has 2 N–H and O–H groups in total. The maximum absolute atomic E-state index is 14.5. The fraction of sp³-hybridized carbons (Fsp3) is 0.115. The zero-order valence-electron chi connectivity index (χ0n) is 18.0. The van der Waals surface area contributed by atoms with Gasteiger partial charge in [-0.15, -0.1) is 0 Å². The molecule has 33 heavy (non-hydrogen) atoms. The van der Waals surface area contributed by atoms with Gasteiger partial charge in [0.05, 0.1) is 17.9 Å². The van der Waals surface area contributed by atoms with Gasteiger partial charge in [0.2, 0.25) is 0 Å². The highest BCUT2D eigenvalue weighted by Gasteiger charge is 2.19. The lowest BCUT2D eigenvalue weighted by Crippen LogP contribution is -2.25. The first-order valence-corrected chi connectivity index (χ1v) is 10.8. The Morgan fingerprint density at radius 1 is 1.12 bits per heavy atom. The van der Waals surface area contributed by atoms with Crippen molar-refractivity contribution >= 4 is 33.2 Å². The van der Waals surface area contributed by atoms with Crippen LogP contribution in [0.2, 0.25) is 0 Å². The minimum atomic E-state index is -1.16. The van der Waals surface area contributed by atoms with Crippen LogP contribution in [-0.4, -0.2) is 12.5 Å².